The molecule has 2 aromatic carbocycles. The van der Waals surface area contributed by atoms with Gasteiger partial charge < -0.3 is 14.8 Å². The molecule has 2 aromatic rings. The molecular weight excluding hydrogens is 310 g/mol. The summed E-state index contributed by atoms with van der Waals surface area (Å²) in [5.74, 6) is 0.215. The molecule has 0 aliphatic heterocycles. The van der Waals surface area contributed by atoms with Crippen molar-refractivity contribution in [3.63, 3.8) is 0 Å². The van der Waals surface area contributed by atoms with Crippen molar-refractivity contribution in [2.45, 2.75) is 0 Å². The molecule has 0 heterocycles. The highest BCUT2D eigenvalue weighted by Gasteiger charge is 2.09. The second-order valence-electron chi connectivity index (χ2n) is 3.93. The fraction of sp³-hybridized carbons (Fsp3) is 0.214. The van der Waals surface area contributed by atoms with Gasteiger partial charge >= 0.3 is 5.97 Å². The molecule has 1 N–H and O–H groups in total. The molecule has 0 saturated carbocycles. The first-order chi connectivity index (χ1) is 9.15. The van der Waals surface area contributed by atoms with Gasteiger partial charge in [0, 0.05) is 12.7 Å². The Hall–Kier alpha value is -1.75. The SMILES string of the molecule is CNc1ccc2c(Br)c(OCC(=O)OC)ccc2c1. The van der Waals surface area contributed by atoms with Crippen LogP contribution in [0.5, 0.6) is 5.75 Å². The Labute approximate surface area is 119 Å². The van der Waals surface area contributed by atoms with Crippen LogP contribution in [0.3, 0.4) is 0 Å². The standard InChI is InChI=1S/C14H14BrNO3/c1-16-10-4-5-11-9(7-10)3-6-12(14(11)15)19-8-13(17)18-2/h3-7,16H,8H2,1-2H3. The third-order valence-corrected chi connectivity index (χ3v) is 3.60. The lowest BCUT2D eigenvalue weighted by Crippen LogP contribution is -2.12. The molecule has 0 radical (unpaired) electrons. The van der Waals surface area contributed by atoms with Gasteiger partial charge in [0.1, 0.15) is 5.75 Å². The van der Waals surface area contributed by atoms with Crippen LogP contribution in [0.4, 0.5) is 5.69 Å². The summed E-state index contributed by atoms with van der Waals surface area (Å²) in [6, 6.07) is 9.81. The predicted molar refractivity (Wildman–Crippen MR) is 78.7 cm³/mol. The molecule has 0 aliphatic rings. The highest BCUT2D eigenvalue weighted by atomic mass is 79.9. The summed E-state index contributed by atoms with van der Waals surface area (Å²) in [6.07, 6.45) is 0. The van der Waals surface area contributed by atoms with E-state index in [1.54, 1.807) is 0 Å². The summed E-state index contributed by atoms with van der Waals surface area (Å²) in [5.41, 5.74) is 1.04. The highest BCUT2D eigenvalue weighted by molar-refractivity contribution is 9.10. The summed E-state index contributed by atoms with van der Waals surface area (Å²) in [4.78, 5) is 11.1. The van der Waals surface area contributed by atoms with E-state index >= 15 is 0 Å². The van der Waals surface area contributed by atoms with Gasteiger partial charge in [-0.2, -0.15) is 0 Å². The first kappa shape index (κ1) is 13.7. The molecular formula is C14H14BrNO3. The van der Waals surface area contributed by atoms with Crippen LogP contribution >= 0.6 is 15.9 Å². The second kappa shape index (κ2) is 5.93. The molecule has 0 fully saturated rings. The zero-order chi connectivity index (χ0) is 13.8. The maximum absolute atomic E-state index is 11.1. The molecule has 100 valence electrons. The number of carbonyl (C=O) groups excluding carboxylic acids is 1. The number of ether oxygens (including phenoxy) is 2. The fourth-order valence-electron chi connectivity index (χ4n) is 1.73. The first-order valence-corrected chi connectivity index (χ1v) is 6.54. The number of anilines is 1. The smallest absolute Gasteiger partial charge is 0.343 e. The van der Waals surface area contributed by atoms with E-state index in [2.05, 4.69) is 26.0 Å². The topological polar surface area (TPSA) is 47.6 Å². The van der Waals surface area contributed by atoms with Crippen LogP contribution < -0.4 is 10.1 Å². The van der Waals surface area contributed by atoms with Crippen molar-refractivity contribution in [3.8, 4) is 5.75 Å². The van der Waals surface area contributed by atoms with Crippen LogP contribution in [-0.2, 0) is 9.53 Å². The summed E-state index contributed by atoms with van der Waals surface area (Å²) >= 11 is 3.50. The zero-order valence-corrected chi connectivity index (χ0v) is 12.3. The molecule has 0 spiro atoms. The van der Waals surface area contributed by atoms with Crippen LogP contribution in [0.25, 0.3) is 10.8 Å². The van der Waals surface area contributed by atoms with Crippen molar-refractivity contribution < 1.29 is 14.3 Å². The number of fused-ring (bicyclic) bond motifs is 1. The Balaban J connectivity index is 2.32. The summed E-state index contributed by atoms with van der Waals surface area (Å²) < 4.78 is 10.8. The fourth-order valence-corrected chi connectivity index (χ4v) is 2.34. The van der Waals surface area contributed by atoms with E-state index in [0.717, 1.165) is 20.9 Å². The number of benzene rings is 2. The van der Waals surface area contributed by atoms with Crippen molar-refractivity contribution in [3.05, 3.63) is 34.8 Å². The van der Waals surface area contributed by atoms with Crippen molar-refractivity contribution in [2.75, 3.05) is 26.1 Å². The molecule has 0 saturated heterocycles. The van der Waals surface area contributed by atoms with Gasteiger partial charge in [0.05, 0.1) is 11.6 Å². The van der Waals surface area contributed by atoms with Crippen LogP contribution in [0.1, 0.15) is 0 Å². The minimum Gasteiger partial charge on any atom is -0.481 e. The highest BCUT2D eigenvalue weighted by Crippen LogP contribution is 2.34. The number of nitrogens with one attached hydrogen (secondary N) is 1. The number of hydrogen-bond acceptors (Lipinski definition) is 4. The van der Waals surface area contributed by atoms with E-state index in [9.17, 15) is 4.79 Å². The average molecular weight is 324 g/mol. The van der Waals surface area contributed by atoms with E-state index in [1.807, 2.05) is 37.4 Å². The van der Waals surface area contributed by atoms with E-state index < -0.39 is 5.97 Å². The molecule has 2 rings (SSSR count). The van der Waals surface area contributed by atoms with Gasteiger partial charge in [-0.05, 0) is 44.9 Å². The van der Waals surface area contributed by atoms with Gasteiger partial charge in [0.15, 0.2) is 6.61 Å². The molecule has 0 bridgehead atoms. The van der Waals surface area contributed by atoms with Gasteiger partial charge in [0.25, 0.3) is 0 Å². The summed E-state index contributed by atoms with van der Waals surface area (Å²) in [7, 11) is 3.21. The Bertz CT molecular complexity index is 613. The van der Waals surface area contributed by atoms with Crippen LogP contribution in [0.2, 0.25) is 0 Å². The van der Waals surface area contributed by atoms with Gasteiger partial charge in [-0.25, -0.2) is 4.79 Å². The molecule has 5 heteroatoms. The number of esters is 1. The van der Waals surface area contributed by atoms with E-state index in [4.69, 9.17) is 4.74 Å². The summed E-state index contributed by atoms with van der Waals surface area (Å²) in [6.45, 7) is -0.102. The Morgan fingerprint density at radius 1 is 1.32 bits per heavy atom. The number of rotatable bonds is 4. The predicted octanol–water partition coefficient (Wildman–Crippen LogP) is 3.20. The first-order valence-electron chi connectivity index (χ1n) is 5.75. The monoisotopic (exact) mass is 323 g/mol. The van der Waals surface area contributed by atoms with E-state index in [-0.39, 0.29) is 6.61 Å². The second-order valence-corrected chi connectivity index (χ2v) is 4.72. The Morgan fingerprint density at radius 2 is 2.11 bits per heavy atom. The van der Waals surface area contributed by atoms with Crippen molar-refractivity contribution >= 4 is 38.4 Å². The van der Waals surface area contributed by atoms with Crippen molar-refractivity contribution in [1.82, 2.24) is 0 Å². The molecule has 19 heavy (non-hydrogen) atoms. The number of halogens is 1. The van der Waals surface area contributed by atoms with E-state index in [0.29, 0.717) is 5.75 Å². The Kier molecular flexibility index (Phi) is 4.27. The van der Waals surface area contributed by atoms with Crippen LogP contribution in [0, 0.1) is 0 Å². The van der Waals surface area contributed by atoms with Gasteiger partial charge in [-0.3, -0.25) is 0 Å². The molecule has 4 nitrogen and oxygen atoms in total. The van der Waals surface area contributed by atoms with Crippen LogP contribution in [0.15, 0.2) is 34.8 Å². The molecule has 0 amide bonds. The lowest BCUT2D eigenvalue weighted by atomic mass is 10.1. The van der Waals surface area contributed by atoms with Crippen molar-refractivity contribution in [1.29, 1.82) is 0 Å². The Morgan fingerprint density at radius 3 is 2.79 bits per heavy atom. The average Bonchev–Trinajstić information content (AvgIpc) is 2.45. The minimum atomic E-state index is -0.405. The molecule has 0 aliphatic carbocycles. The number of hydrogen-bond donors (Lipinski definition) is 1. The van der Waals surface area contributed by atoms with Gasteiger partial charge in [0.2, 0.25) is 0 Å². The maximum atomic E-state index is 11.1. The largest absolute Gasteiger partial charge is 0.481 e. The molecule has 0 unspecified atom stereocenters. The third kappa shape index (κ3) is 2.98. The lowest BCUT2D eigenvalue weighted by molar-refractivity contribution is -0.142. The quantitative estimate of drug-likeness (QED) is 0.878. The van der Waals surface area contributed by atoms with Crippen molar-refractivity contribution in [2.24, 2.45) is 0 Å². The van der Waals surface area contributed by atoms with Gasteiger partial charge in [-0.15, -0.1) is 0 Å². The molecule has 0 atom stereocenters. The lowest BCUT2D eigenvalue weighted by Gasteiger charge is -2.10. The minimum absolute atomic E-state index is 0.102. The van der Waals surface area contributed by atoms with Crippen LogP contribution in [-0.4, -0.2) is 26.7 Å². The maximum Gasteiger partial charge on any atom is 0.343 e. The zero-order valence-electron chi connectivity index (χ0n) is 10.7. The number of methoxy groups -OCH3 is 1. The van der Waals surface area contributed by atoms with E-state index in [1.165, 1.54) is 7.11 Å². The van der Waals surface area contributed by atoms with Gasteiger partial charge in [-0.1, -0.05) is 12.1 Å². The summed E-state index contributed by atoms with van der Waals surface area (Å²) in [5, 5.41) is 5.21. The normalized spacial score (nSPS) is 10.3. The molecule has 0 aromatic heterocycles. The third-order valence-electron chi connectivity index (χ3n) is 2.78. The number of carbonyl (C=O) groups is 1.